The quantitative estimate of drug-likeness (QED) is 0.108. The third kappa shape index (κ3) is 26.0. The second kappa shape index (κ2) is 23.0. The molecule has 0 saturated carbocycles. The van der Waals surface area contributed by atoms with Crippen LogP contribution >= 0.6 is 0 Å². The van der Waals surface area contributed by atoms with Crippen LogP contribution in [0.15, 0.2) is 0 Å². The van der Waals surface area contributed by atoms with Gasteiger partial charge in [-0.15, -0.1) is 0 Å². The van der Waals surface area contributed by atoms with Crippen molar-refractivity contribution in [2.24, 2.45) is 0 Å². The maximum Gasteiger partial charge on any atom is 0.397 e. The first-order chi connectivity index (χ1) is 15.0. The summed E-state index contributed by atoms with van der Waals surface area (Å²) in [6, 6.07) is 0. The van der Waals surface area contributed by atoms with E-state index in [4.69, 9.17) is 8.74 Å². The second-order valence-corrected chi connectivity index (χ2v) is 10.5. The van der Waals surface area contributed by atoms with Crippen molar-refractivity contribution < 1.29 is 17.2 Å². The largest absolute Gasteiger partial charge is 0.397 e. The van der Waals surface area contributed by atoms with Crippen molar-refractivity contribution in [3.8, 4) is 0 Å². The van der Waals surface area contributed by atoms with Crippen molar-refractivity contribution in [3.05, 3.63) is 0 Å². The van der Waals surface area contributed by atoms with Crippen LogP contribution in [0, 0.1) is 0 Å². The minimum Gasteiger partial charge on any atom is -0.264 e. The SMILES string of the molecule is CCCCCCCCCCCCCCCCCC(CCCCCCCC)OS(=O)(=O)O. The van der Waals surface area contributed by atoms with Gasteiger partial charge in [-0.2, -0.15) is 8.42 Å². The van der Waals surface area contributed by atoms with Crippen LogP contribution in [0.25, 0.3) is 0 Å². The lowest BCUT2D eigenvalue weighted by molar-refractivity contribution is 0.157. The summed E-state index contributed by atoms with van der Waals surface area (Å²) in [5, 5.41) is 0. The molecule has 31 heavy (non-hydrogen) atoms. The zero-order valence-electron chi connectivity index (χ0n) is 20.9. The van der Waals surface area contributed by atoms with Crippen molar-refractivity contribution in [3.63, 3.8) is 0 Å². The third-order valence-corrected chi connectivity index (χ3v) is 6.78. The lowest BCUT2D eigenvalue weighted by Crippen LogP contribution is -2.18. The highest BCUT2D eigenvalue weighted by Crippen LogP contribution is 2.18. The summed E-state index contributed by atoms with van der Waals surface area (Å²) in [5.74, 6) is 0. The van der Waals surface area contributed by atoms with Gasteiger partial charge in [0.25, 0.3) is 0 Å². The Morgan fingerprint density at radius 1 is 0.516 bits per heavy atom. The Bertz CT molecular complexity index is 450. The van der Waals surface area contributed by atoms with E-state index in [1.54, 1.807) is 0 Å². The molecule has 0 bridgehead atoms. The van der Waals surface area contributed by atoms with Crippen LogP contribution in [-0.2, 0) is 14.6 Å². The molecule has 0 aliphatic carbocycles. The van der Waals surface area contributed by atoms with Crippen LogP contribution in [-0.4, -0.2) is 19.1 Å². The summed E-state index contributed by atoms with van der Waals surface area (Å²) in [6.45, 7) is 4.47. The van der Waals surface area contributed by atoms with E-state index >= 15 is 0 Å². The smallest absolute Gasteiger partial charge is 0.264 e. The number of hydrogen-bond donors (Lipinski definition) is 1. The Morgan fingerprint density at radius 3 is 1.03 bits per heavy atom. The maximum absolute atomic E-state index is 11.1. The van der Waals surface area contributed by atoms with Crippen LogP contribution < -0.4 is 0 Å². The van der Waals surface area contributed by atoms with E-state index in [-0.39, 0.29) is 6.10 Å². The Morgan fingerprint density at radius 2 is 0.774 bits per heavy atom. The Kier molecular flexibility index (Phi) is 22.9. The summed E-state index contributed by atoms with van der Waals surface area (Å²) >= 11 is 0. The van der Waals surface area contributed by atoms with Crippen molar-refractivity contribution in [1.82, 2.24) is 0 Å². The first kappa shape index (κ1) is 30.9. The molecular weight excluding hydrogens is 408 g/mol. The van der Waals surface area contributed by atoms with E-state index in [1.807, 2.05) is 0 Å². The van der Waals surface area contributed by atoms with Crippen LogP contribution in [0.1, 0.15) is 162 Å². The monoisotopic (exact) mass is 462 g/mol. The molecule has 0 aromatic rings. The molecule has 1 N–H and O–H groups in total. The third-order valence-electron chi connectivity index (χ3n) is 6.27. The van der Waals surface area contributed by atoms with Gasteiger partial charge in [0.2, 0.25) is 0 Å². The minimum absolute atomic E-state index is 0.358. The minimum atomic E-state index is -4.35. The summed E-state index contributed by atoms with van der Waals surface area (Å²) in [5.41, 5.74) is 0. The predicted molar refractivity (Wildman–Crippen MR) is 134 cm³/mol. The molecule has 0 amide bonds. The van der Waals surface area contributed by atoms with Gasteiger partial charge in [0.1, 0.15) is 0 Å². The van der Waals surface area contributed by atoms with Crippen molar-refractivity contribution in [2.45, 2.75) is 168 Å². The van der Waals surface area contributed by atoms with Crippen LogP contribution in [0.4, 0.5) is 0 Å². The van der Waals surface area contributed by atoms with Gasteiger partial charge in [0, 0.05) is 0 Å². The highest BCUT2D eigenvalue weighted by molar-refractivity contribution is 7.80. The Hall–Kier alpha value is -0.130. The fraction of sp³-hybridized carbons (Fsp3) is 1.00. The normalized spacial score (nSPS) is 13.0. The Balaban J connectivity index is 3.58. The summed E-state index contributed by atoms with van der Waals surface area (Å²) in [6.07, 6.45) is 28.0. The molecule has 0 saturated heterocycles. The van der Waals surface area contributed by atoms with E-state index in [2.05, 4.69) is 13.8 Å². The molecule has 4 nitrogen and oxygen atoms in total. The average molecular weight is 463 g/mol. The van der Waals surface area contributed by atoms with Gasteiger partial charge >= 0.3 is 10.4 Å². The molecule has 0 radical (unpaired) electrons. The average Bonchev–Trinajstić information content (AvgIpc) is 2.72. The molecule has 0 aromatic carbocycles. The van der Waals surface area contributed by atoms with Crippen LogP contribution in [0.5, 0.6) is 0 Å². The molecule has 0 fully saturated rings. The molecule has 188 valence electrons. The molecule has 0 aromatic heterocycles. The van der Waals surface area contributed by atoms with Gasteiger partial charge in [-0.1, -0.05) is 149 Å². The zero-order valence-corrected chi connectivity index (χ0v) is 21.7. The fourth-order valence-electron chi connectivity index (χ4n) is 4.31. The van der Waals surface area contributed by atoms with Gasteiger partial charge in [-0.05, 0) is 12.8 Å². The van der Waals surface area contributed by atoms with E-state index in [1.165, 1.54) is 109 Å². The molecule has 0 aliphatic rings. The van der Waals surface area contributed by atoms with Gasteiger partial charge in [0.05, 0.1) is 6.10 Å². The number of rotatable bonds is 25. The number of hydrogen-bond acceptors (Lipinski definition) is 3. The van der Waals surface area contributed by atoms with Crippen LogP contribution in [0.3, 0.4) is 0 Å². The van der Waals surface area contributed by atoms with Gasteiger partial charge < -0.3 is 0 Å². The summed E-state index contributed by atoms with van der Waals surface area (Å²) in [7, 11) is -4.35. The van der Waals surface area contributed by atoms with E-state index in [9.17, 15) is 8.42 Å². The lowest BCUT2D eigenvalue weighted by Gasteiger charge is -2.15. The fourth-order valence-corrected chi connectivity index (χ4v) is 4.84. The molecule has 0 spiro atoms. The van der Waals surface area contributed by atoms with Gasteiger partial charge in [0.15, 0.2) is 0 Å². The first-order valence-electron chi connectivity index (χ1n) is 13.6. The van der Waals surface area contributed by atoms with E-state index in [0.717, 1.165) is 38.5 Å². The maximum atomic E-state index is 11.1. The van der Waals surface area contributed by atoms with Gasteiger partial charge in [-0.3, -0.25) is 4.55 Å². The molecule has 0 rings (SSSR count). The zero-order chi connectivity index (χ0) is 23.0. The lowest BCUT2D eigenvalue weighted by atomic mass is 10.0. The van der Waals surface area contributed by atoms with Crippen LogP contribution in [0.2, 0.25) is 0 Å². The highest BCUT2D eigenvalue weighted by Gasteiger charge is 2.16. The highest BCUT2D eigenvalue weighted by atomic mass is 32.3. The van der Waals surface area contributed by atoms with Crippen molar-refractivity contribution in [2.75, 3.05) is 0 Å². The first-order valence-corrected chi connectivity index (χ1v) is 15.0. The molecule has 0 heterocycles. The second-order valence-electron chi connectivity index (χ2n) is 9.44. The number of unbranched alkanes of at least 4 members (excludes halogenated alkanes) is 19. The van der Waals surface area contributed by atoms with E-state index in [0.29, 0.717) is 0 Å². The standard InChI is InChI=1S/C26H54O4S/c1-3-5-7-9-11-12-13-14-15-16-17-18-19-21-23-25-26(30-31(27,28)29)24-22-20-10-8-6-4-2/h26H,3-25H2,1-2H3,(H,27,28,29). The van der Waals surface area contributed by atoms with Crippen molar-refractivity contribution in [1.29, 1.82) is 0 Å². The summed E-state index contributed by atoms with van der Waals surface area (Å²) < 4.78 is 36.2. The van der Waals surface area contributed by atoms with Gasteiger partial charge in [-0.25, -0.2) is 4.18 Å². The Labute approximate surface area is 195 Å². The predicted octanol–water partition coefficient (Wildman–Crippen LogP) is 9.19. The van der Waals surface area contributed by atoms with E-state index < -0.39 is 10.4 Å². The topological polar surface area (TPSA) is 63.6 Å². The molecule has 0 aliphatic heterocycles. The van der Waals surface area contributed by atoms with Crippen molar-refractivity contribution >= 4 is 10.4 Å². The molecular formula is C26H54O4S. The molecule has 5 heteroatoms. The molecule has 1 atom stereocenters. The molecule has 1 unspecified atom stereocenters. The summed E-state index contributed by atoms with van der Waals surface area (Å²) in [4.78, 5) is 0.